The molecule has 21 heavy (non-hydrogen) atoms. The molecule has 0 N–H and O–H groups in total. The molecule has 122 valence electrons. The molecular formula is C18H37N2Si+. The Balaban J connectivity index is 2.09. The number of hydrogen-bond donors (Lipinski definition) is 0. The second-order valence-corrected chi connectivity index (χ2v) is 13.3. The summed E-state index contributed by atoms with van der Waals surface area (Å²) in [6, 6.07) is 1.46. The zero-order valence-corrected chi connectivity index (χ0v) is 15.9. The fourth-order valence-electron chi connectivity index (χ4n) is 2.73. The van der Waals surface area contributed by atoms with E-state index in [-0.39, 0.29) is 0 Å². The number of unbranched alkanes of at least 4 members (excludes halogenated alkanes) is 6. The first kappa shape index (κ1) is 18.5. The van der Waals surface area contributed by atoms with Crippen molar-refractivity contribution >= 4 is 8.07 Å². The summed E-state index contributed by atoms with van der Waals surface area (Å²) in [5.41, 5.74) is 0. The van der Waals surface area contributed by atoms with Crippen LogP contribution in [0.1, 0.15) is 58.3 Å². The van der Waals surface area contributed by atoms with E-state index >= 15 is 0 Å². The molecular weight excluding hydrogens is 272 g/mol. The van der Waals surface area contributed by atoms with Gasteiger partial charge in [-0.3, -0.25) is 0 Å². The Bertz CT molecular complexity index is 366. The van der Waals surface area contributed by atoms with Gasteiger partial charge in [0.1, 0.15) is 12.4 Å². The number of aromatic nitrogens is 2. The predicted molar refractivity (Wildman–Crippen MR) is 95.4 cm³/mol. The summed E-state index contributed by atoms with van der Waals surface area (Å²) in [6.07, 6.45) is 17.8. The quantitative estimate of drug-likeness (QED) is 0.283. The van der Waals surface area contributed by atoms with Crippen LogP contribution < -0.4 is 4.57 Å². The fourth-order valence-corrected chi connectivity index (χ4v) is 4.04. The van der Waals surface area contributed by atoms with Crippen LogP contribution in [0.2, 0.25) is 25.7 Å². The van der Waals surface area contributed by atoms with Gasteiger partial charge in [0.05, 0.1) is 13.1 Å². The van der Waals surface area contributed by atoms with Gasteiger partial charge in [0.15, 0.2) is 0 Å². The van der Waals surface area contributed by atoms with E-state index in [1.54, 1.807) is 0 Å². The Morgan fingerprint density at radius 3 is 2.33 bits per heavy atom. The lowest BCUT2D eigenvalue weighted by Crippen LogP contribution is -2.30. The maximum atomic E-state index is 2.47. The van der Waals surface area contributed by atoms with Gasteiger partial charge in [0, 0.05) is 8.07 Å². The normalized spacial score (nSPS) is 12.0. The van der Waals surface area contributed by atoms with Crippen LogP contribution in [0.5, 0.6) is 0 Å². The number of rotatable bonds is 12. The van der Waals surface area contributed by atoms with E-state index in [4.69, 9.17) is 0 Å². The Hall–Kier alpha value is -0.573. The van der Waals surface area contributed by atoms with Gasteiger partial charge in [-0.1, -0.05) is 64.7 Å². The minimum absolute atomic E-state index is 0.836. The van der Waals surface area contributed by atoms with E-state index in [0.29, 0.717) is 0 Å². The largest absolute Gasteiger partial charge is 0.243 e. The molecule has 1 heterocycles. The Labute approximate surface area is 133 Å². The zero-order valence-electron chi connectivity index (χ0n) is 14.9. The monoisotopic (exact) mass is 309 g/mol. The molecule has 0 amide bonds. The highest BCUT2D eigenvalue weighted by atomic mass is 28.3. The van der Waals surface area contributed by atoms with Gasteiger partial charge >= 0.3 is 0 Å². The maximum absolute atomic E-state index is 2.47. The van der Waals surface area contributed by atoms with Crippen molar-refractivity contribution in [2.75, 3.05) is 0 Å². The average molecular weight is 310 g/mol. The van der Waals surface area contributed by atoms with Crippen LogP contribution >= 0.6 is 0 Å². The Morgan fingerprint density at radius 1 is 0.905 bits per heavy atom. The van der Waals surface area contributed by atoms with E-state index in [1.165, 1.54) is 70.5 Å². The highest BCUT2D eigenvalue weighted by Gasteiger charge is 2.12. The maximum Gasteiger partial charge on any atom is 0.243 e. The minimum atomic E-state index is -0.836. The molecule has 0 spiro atoms. The van der Waals surface area contributed by atoms with Crippen LogP contribution in [-0.4, -0.2) is 12.6 Å². The molecule has 2 nitrogen and oxygen atoms in total. The van der Waals surface area contributed by atoms with Crippen LogP contribution in [0.4, 0.5) is 0 Å². The zero-order chi connectivity index (χ0) is 15.6. The van der Waals surface area contributed by atoms with Crippen molar-refractivity contribution in [2.24, 2.45) is 0 Å². The molecule has 0 aliphatic heterocycles. The average Bonchev–Trinajstić information content (AvgIpc) is 2.86. The van der Waals surface area contributed by atoms with Crippen molar-refractivity contribution in [2.45, 2.75) is 97.1 Å². The number of nitrogens with zero attached hydrogens (tertiary/aromatic N) is 2. The highest BCUT2D eigenvalue weighted by Crippen LogP contribution is 2.13. The lowest BCUT2D eigenvalue weighted by atomic mass is 10.1. The standard InChI is InChI=1S/C18H37N2Si/c1-5-6-7-8-9-10-13-19-15-16-20(18-19)14-11-12-17-21(2,3)4/h15-16,18H,5-14,17H2,1-4H3/q+1. The summed E-state index contributed by atoms with van der Waals surface area (Å²) >= 11 is 0. The molecule has 1 aromatic rings. The highest BCUT2D eigenvalue weighted by molar-refractivity contribution is 6.76. The summed E-state index contributed by atoms with van der Waals surface area (Å²) in [6.45, 7) is 12.1. The van der Waals surface area contributed by atoms with Gasteiger partial charge in [-0.05, 0) is 19.3 Å². The summed E-state index contributed by atoms with van der Waals surface area (Å²) < 4.78 is 4.72. The van der Waals surface area contributed by atoms with Crippen LogP contribution in [0, 0.1) is 0 Å². The van der Waals surface area contributed by atoms with E-state index in [9.17, 15) is 0 Å². The summed E-state index contributed by atoms with van der Waals surface area (Å²) in [5.74, 6) is 0. The van der Waals surface area contributed by atoms with Crippen molar-refractivity contribution in [3.8, 4) is 0 Å². The molecule has 3 heteroatoms. The van der Waals surface area contributed by atoms with Crippen LogP contribution in [0.3, 0.4) is 0 Å². The van der Waals surface area contributed by atoms with Crippen LogP contribution in [0.25, 0.3) is 0 Å². The lowest BCUT2D eigenvalue weighted by Gasteiger charge is -2.14. The molecule has 1 aromatic heterocycles. The Morgan fingerprint density at radius 2 is 1.62 bits per heavy atom. The molecule has 0 saturated heterocycles. The molecule has 0 unspecified atom stereocenters. The third kappa shape index (κ3) is 9.89. The summed E-state index contributed by atoms with van der Waals surface area (Å²) in [5, 5.41) is 0. The Kier molecular flexibility index (Phi) is 8.98. The SMILES string of the molecule is CCCCCCCC[n+]1ccn(CCCC[Si](C)(C)C)c1. The van der Waals surface area contributed by atoms with Crippen molar-refractivity contribution < 1.29 is 4.57 Å². The lowest BCUT2D eigenvalue weighted by molar-refractivity contribution is -0.696. The van der Waals surface area contributed by atoms with Crippen LogP contribution in [0.15, 0.2) is 18.7 Å². The molecule has 0 aromatic carbocycles. The van der Waals surface area contributed by atoms with Gasteiger partial charge in [-0.15, -0.1) is 0 Å². The summed E-state index contributed by atoms with van der Waals surface area (Å²) in [4.78, 5) is 0. The number of imidazole rings is 1. The second kappa shape index (κ2) is 10.2. The smallest absolute Gasteiger partial charge is 0.237 e. The van der Waals surface area contributed by atoms with Gasteiger partial charge in [-0.2, -0.15) is 0 Å². The van der Waals surface area contributed by atoms with Gasteiger partial charge < -0.3 is 0 Å². The first-order chi connectivity index (χ1) is 10.0. The van der Waals surface area contributed by atoms with Crippen molar-refractivity contribution in [3.63, 3.8) is 0 Å². The fraction of sp³-hybridized carbons (Fsp3) is 0.833. The molecule has 0 atom stereocenters. The number of aryl methyl sites for hydroxylation is 2. The molecule has 0 bridgehead atoms. The molecule has 0 fully saturated rings. The second-order valence-electron chi connectivity index (χ2n) is 7.67. The van der Waals surface area contributed by atoms with E-state index in [2.05, 4.69) is 54.4 Å². The van der Waals surface area contributed by atoms with Gasteiger partial charge in [0.2, 0.25) is 6.33 Å². The molecule has 0 radical (unpaired) electrons. The third-order valence-corrected chi connectivity index (χ3v) is 5.96. The molecule has 0 saturated carbocycles. The molecule has 0 aliphatic carbocycles. The predicted octanol–water partition coefficient (Wildman–Crippen LogP) is 5.25. The van der Waals surface area contributed by atoms with Crippen molar-refractivity contribution in [1.29, 1.82) is 0 Å². The number of hydrogen-bond acceptors (Lipinski definition) is 0. The van der Waals surface area contributed by atoms with Crippen molar-refractivity contribution in [3.05, 3.63) is 18.7 Å². The van der Waals surface area contributed by atoms with E-state index < -0.39 is 8.07 Å². The van der Waals surface area contributed by atoms with Crippen LogP contribution in [-0.2, 0) is 13.1 Å². The van der Waals surface area contributed by atoms with E-state index in [1.807, 2.05) is 0 Å². The first-order valence-corrected chi connectivity index (χ1v) is 12.8. The molecule has 1 rings (SSSR count). The summed E-state index contributed by atoms with van der Waals surface area (Å²) in [7, 11) is -0.836. The molecule has 0 aliphatic rings. The topological polar surface area (TPSA) is 8.81 Å². The third-order valence-electron chi connectivity index (χ3n) is 4.11. The first-order valence-electron chi connectivity index (χ1n) is 9.06. The van der Waals surface area contributed by atoms with Gasteiger partial charge in [0.25, 0.3) is 0 Å². The van der Waals surface area contributed by atoms with Gasteiger partial charge in [-0.25, -0.2) is 9.13 Å². The van der Waals surface area contributed by atoms with Crippen molar-refractivity contribution in [1.82, 2.24) is 4.57 Å². The minimum Gasteiger partial charge on any atom is -0.237 e. The van der Waals surface area contributed by atoms with E-state index in [0.717, 1.165) is 0 Å².